The van der Waals surface area contributed by atoms with E-state index in [1.54, 1.807) is 0 Å². The van der Waals surface area contributed by atoms with Gasteiger partial charge in [-0.2, -0.15) is 0 Å². The Hall–Kier alpha value is -0.680. The van der Waals surface area contributed by atoms with Crippen molar-refractivity contribution in [3.05, 3.63) is 22.6 Å². The third kappa shape index (κ3) is 4.57. The van der Waals surface area contributed by atoms with Crippen LogP contribution in [0.1, 0.15) is 13.8 Å². The minimum atomic E-state index is -0.356. The van der Waals surface area contributed by atoms with Crippen LogP contribution in [0.5, 0.6) is 0 Å². The number of aromatic nitrogens is 1. The fourth-order valence-electron chi connectivity index (χ4n) is 1.01. The van der Waals surface area contributed by atoms with Gasteiger partial charge in [0.1, 0.15) is 11.6 Å². The number of halogens is 2. The zero-order valence-electron chi connectivity index (χ0n) is 8.76. The summed E-state index contributed by atoms with van der Waals surface area (Å²) in [6.07, 6.45) is 1.40. The number of ether oxygens (including phenoxy) is 1. The lowest BCUT2D eigenvalue weighted by Crippen LogP contribution is -2.14. The molecule has 0 bridgehead atoms. The fraction of sp³-hybridized carbons (Fsp3) is 0.500. The van der Waals surface area contributed by atoms with Crippen molar-refractivity contribution in [1.29, 1.82) is 0 Å². The Labute approximate surface area is 97.2 Å². The van der Waals surface area contributed by atoms with Crippen LogP contribution in [0.2, 0.25) is 0 Å². The summed E-state index contributed by atoms with van der Waals surface area (Å²) in [5.74, 6) is 0.273. The molecular formula is C10H14BrFN2O. The molecule has 1 rings (SSSR count). The van der Waals surface area contributed by atoms with Gasteiger partial charge in [-0.3, -0.25) is 0 Å². The molecule has 0 atom stereocenters. The lowest BCUT2D eigenvalue weighted by Gasteiger charge is -2.09. The van der Waals surface area contributed by atoms with Crippen molar-refractivity contribution in [2.45, 2.75) is 20.0 Å². The zero-order chi connectivity index (χ0) is 11.3. The zero-order valence-corrected chi connectivity index (χ0v) is 10.3. The Kier molecular flexibility index (Phi) is 4.98. The van der Waals surface area contributed by atoms with Crippen LogP contribution >= 0.6 is 15.9 Å². The predicted octanol–water partition coefficient (Wildman–Crippen LogP) is 2.82. The Morgan fingerprint density at radius 2 is 2.33 bits per heavy atom. The average Bonchev–Trinajstić information content (AvgIpc) is 2.14. The van der Waals surface area contributed by atoms with Gasteiger partial charge in [0.2, 0.25) is 0 Å². The predicted molar refractivity (Wildman–Crippen MR) is 61.5 cm³/mol. The largest absolute Gasteiger partial charge is 0.377 e. The van der Waals surface area contributed by atoms with E-state index in [0.29, 0.717) is 23.4 Å². The Bertz CT molecular complexity index is 320. The molecule has 0 fully saturated rings. The van der Waals surface area contributed by atoms with E-state index in [-0.39, 0.29) is 11.9 Å². The standard InChI is InChI=1S/C10H14BrFN2O/c1-7(2)15-4-3-13-10-9(11)5-8(12)6-14-10/h5-7H,3-4H2,1-2H3,(H,13,14). The second kappa shape index (κ2) is 6.02. The molecule has 0 saturated heterocycles. The highest BCUT2D eigenvalue weighted by Crippen LogP contribution is 2.19. The highest BCUT2D eigenvalue weighted by molar-refractivity contribution is 9.10. The van der Waals surface area contributed by atoms with Gasteiger partial charge in [0, 0.05) is 6.54 Å². The molecule has 0 aromatic carbocycles. The first kappa shape index (κ1) is 12.4. The van der Waals surface area contributed by atoms with E-state index in [1.807, 2.05) is 13.8 Å². The molecule has 15 heavy (non-hydrogen) atoms. The van der Waals surface area contributed by atoms with E-state index in [0.717, 1.165) is 0 Å². The van der Waals surface area contributed by atoms with E-state index in [4.69, 9.17) is 4.74 Å². The van der Waals surface area contributed by atoms with Crippen LogP contribution in [0.4, 0.5) is 10.2 Å². The molecule has 0 aliphatic carbocycles. The average molecular weight is 277 g/mol. The normalized spacial score (nSPS) is 10.7. The van der Waals surface area contributed by atoms with E-state index in [1.165, 1.54) is 12.3 Å². The summed E-state index contributed by atoms with van der Waals surface area (Å²) in [5, 5.41) is 3.05. The minimum absolute atomic E-state index is 0.219. The van der Waals surface area contributed by atoms with Gasteiger partial charge in [0.25, 0.3) is 0 Å². The highest BCUT2D eigenvalue weighted by Gasteiger charge is 2.02. The Morgan fingerprint density at radius 1 is 1.60 bits per heavy atom. The van der Waals surface area contributed by atoms with Crippen molar-refractivity contribution in [3.63, 3.8) is 0 Å². The lowest BCUT2D eigenvalue weighted by molar-refractivity contribution is 0.0870. The minimum Gasteiger partial charge on any atom is -0.377 e. The van der Waals surface area contributed by atoms with Gasteiger partial charge >= 0.3 is 0 Å². The maximum atomic E-state index is 12.7. The molecule has 0 radical (unpaired) electrons. The molecule has 0 aliphatic rings. The van der Waals surface area contributed by atoms with Crippen LogP contribution in [-0.4, -0.2) is 24.2 Å². The van der Waals surface area contributed by atoms with E-state index >= 15 is 0 Å². The molecule has 84 valence electrons. The Balaban J connectivity index is 2.37. The number of hydrogen-bond acceptors (Lipinski definition) is 3. The summed E-state index contributed by atoms with van der Waals surface area (Å²) >= 11 is 3.22. The summed E-state index contributed by atoms with van der Waals surface area (Å²) in [6.45, 7) is 5.21. The molecule has 0 spiro atoms. The van der Waals surface area contributed by atoms with Crippen molar-refractivity contribution < 1.29 is 9.13 Å². The highest BCUT2D eigenvalue weighted by atomic mass is 79.9. The van der Waals surface area contributed by atoms with Crippen LogP contribution in [-0.2, 0) is 4.74 Å². The van der Waals surface area contributed by atoms with Crippen LogP contribution in [0.15, 0.2) is 16.7 Å². The Morgan fingerprint density at radius 3 is 2.93 bits per heavy atom. The third-order valence-corrected chi connectivity index (χ3v) is 2.26. The SMILES string of the molecule is CC(C)OCCNc1ncc(F)cc1Br. The van der Waals surface area contributed by atoms with Crippen LogP contribution in [0.25, 0.3) is 0 Å². The van der Waals surface area contributed by atoms with Crippen molar-refractivity contribution >= 4 is 21.7 Å². The molecule has 1 aromatic heterocycles. The van der Waals surface area contributed by atoms with Crippen LogP contribution in [0, 0.1) is 5.82 Å². The van der Waals surface area contributed by atoms with Gasteiger partial charge in [-0.05, 0) is 35.8 Å². The third-order valence-electron chi connectivity index (χ3n) is 1.65. The molecule has 1 N–H and O–H groups in total. The number of nitrogens with one attached hydrogen (secondary N) is 1. The summed E-state index contributed by atoms with van der Waals surface area (Å²) in [5.41, 5.74) is 0. The number of anilines is 1. The molecule has 0 unspecified atom stereocenters. The summed E-state index contributed by atoms with van der Waals surface area (Å²) < 4.78 is 18.7. The molecule has 1 heterocycles. The first-order valence-corrected chi connectivity index (χ1v) is 5.55. The second-order valence-corrected chi connectivity index (χ2v) is 4.18. The molecular weight excluding hydrogens is 263 g/mol. The van der Waals surface area contributed by atoms with Crippen LogP contribution < -0.4 is 5.32 Å². The molecule has 0 aliphatic heterocycles. The fourth-order valence-corrected chi connectivity index (χ4v) is 1.47. The number of nitrogens with zero attached hydrogens (tertiary/aromatic N) is 1. The number of hydrogen-bond donors (Lipinski definition) is 1. The maximum absolute atomic E-state index is 12.7. The lowest BCUT2D eigenvalue weighted by atomic mass is 10.4. The number of pyridine rings is 1. The van der Waals surface area contributed by atoms with Gasteiger partial charge in [0.05, 0.1) is 23.4 Å². The number of rotatable bonds is 5. The van der Waals surface area contributed by atoms with Crippen molar-refractivity contribution in [1.82, 2.24) is 4.98 Å². The van der Waals surface area contributed by atoms with Crippen molar-refractivity contribution in [2.75, 3.05) is 18.5 Å². The van der Waals surface area contributed by atoms with Gasteiger partial charge in [0.15, 0.2) is 0 Å². The van der Waals surface area contributed by atoms with Crippen molar-refractivity contribution in [3.8, 4) is 0 Å². The van der Waals surface area contributed by atoms with Gasteiger partial charge in [-0.25, -0.2) is 9.37 Å². The smallest absolute Gasteiger partial charge is 0.142 e. The van der Waals surface area contributed by atoms with Crippen molar-refractivity contribution in [2.24, 2.45) is 0 Å². The maximum Gasteiger partial charge on any atom is 0.142 e. The van der Waals surface area contributed by atoms with Crippen LogP contribution in [0.3, 0.4) is 0 Å². The van der Waals surface area contributed by atoms with E-state index < -0.39 is 0 Å². The van der Waals surface area contributed by atoms with Gasteiger partial charge in [-0.15, -0.1) is 0 Å². The molecule has 0 saturated carbocycles. The van der Waals surface area contributed by atoms with Gasteiger partial charge in [-0.1, -0.05) is 0 Å². The molecule has 3 nitrogen and oxygen atoms in total. The topological polar surface area (TPSA) is 34.1 Å². The molecule has 5 heteroatoms. The monoisotopic (exact) mass is 276 g/mol. The summed E-state index contributed by atoms with van der Waals surface area (Å²) in [7, 11) is 0. The second-order valence-electron chi connectivity index (χ2n) is 3.33. The first-order chi connectivity index (χ1) is 7.09. The van der Waals surface area contributed by atoms with Gasteiger partial charge < -0.3 is 10.1 Å². The molecule has 0 amide bonds. The van der Waals surface area contributed by atoms with E-state index in [2.05, 4.69) is 26.2 Å². The summed E-state index contributed by atoms with van der Waals surface area (Å²) in [4.78, 5) is 3.91. The quantitative estimate of drug-likeness (QED) is 0.840. The summed E-state index contributed by atoms with van der Waals surface area (Å²) in [6, 6.07) is 1.37. The first-order valence-electron chi connectivity index (χ1n) is 4.76. The molecule has 1 aromatic rings. The van der Waals surface area contributed by atoms with E-state index in [9.17, 15) is 4.39 Å².